The molecule has 0 unspecified atom stereocenters. The molecule has 0 saturated heterocycles. The van der Waals surface area contributed by atoms with Gasteiger partial charge in [-0.1, -0.05) is 23.4 Å². The van der Waals surface area contributed by atoms with Gasteiger partial charge in [-0.05, 0) is 42.5 Å². The molecule has 0 saturated carbocycles. The van der Waals surface area contributed by atoms with Crippen molar-refractivity contribution in [3.8, 4) is 5.75 Å². The first kappa shape index (κ1) is 13.6. The normalized spacial score (nSPS) is 10.8. The molecule has 0 radical (unpaired) electrons. The van der Waals surface area contributed by atoms with Crippen LogP contribution in [0.1, 0.15) is 16.0 Å². The van der Waals surface area contributed by atoms with Crippen molar-refractivity contribution in [3.05, 3.63) is 51.7 Å². The molecule has 4 heteroatoms. The third-order valence-electron chi connectivity index (χ3n) is 2.57. The highest BCUT2D eigenvalue weighted by Crippen LogP contribution is 2.18. The Labute approximate surface area is 117 Å². The van der Waals surface area contributed by atoms with Crippen molar-refractivity contribution in [2.45, 2.75) is 13.8 Å². The molecule has 1 aromatic heterocycles. The lowest BCUT2D eigenvalue weighted by atomic mass is 10.1. The molecule has 0 aliphatic carbocycles. The topological polar surface area (TPSA) is 30.8 Å². The lowest BCUT2D eigenvalue weighted by Gasteiger charge is -2.08. The van der Waals surface area contributed by atoms with Gasteiger partial charge >= 0.3 is 0 Å². The molecular formula is C15H17NO2S. The molecule has 0 aliphatic heterocycles. The standard InChI is InChI=1S/C15H17NO2S/c1-12-5-6-13(2)15(10-12)17-7-8-18-16-11-14-4-3-9-19-14/h3-6,9-11H,7-8H2,1-2H3/b16-11+. The van der Waals surface area contributed by atoms with Crippen LogP contribution in [0.4, 0.5) is 0 Å². The Morgan fingerprint density at radius 2 is 2.11 bits per heavy atom. The van der Waals surface area contributed by atoms with Crippen molar-refractivity contribution < 1.29 is 9.57 Å². The average molecular weight is 275 g/mol. The highest BCUT2D eigenvalue weighted by Gasteiger charge is 1.99. The Morgan fingerprint density at radius 3 is 2.89 bits per heavy atom. The van der Waals surface area contributed by atoms with Gasteiger partial charge in [0.25, 0.3) is 0 Å². The van der Waals surface area contributed by atoms with Crippen molar-refractivity contribution in [2.75, 3.05) is 13.2 Å². The van der Waals surface area contributed by atoms with Crippen molar-refractivity contribution in [3.63, 3.8) is 0 Å². The monoisotopic (exact) mass is 275 g/mol. The minimum absolute atomic E-state index is 0.440. The Morgan fingerprint density at radius 1 is 1.21 bits per heavy atom. The first-order chi connectivity index (χ1) is 9.25. The summed E-state index contributed by atoms with van der Waals surface area (Å²) >= 11 is 1.63. The molecule has 0 fully saturated rings. The SMILES string of the molecule is Cc1ccc(C)c(OCCO/N=C/c2cccs2)c1. The van der Waals surface area contributed by atoms with Crippen LogP contribution < -0.4 is 4.74 Å². The quantitative estimate of drug-likeness (QED) is 0.456. The molecule has 2 rings (SSSR count). The Bertz CT molecular complexity index is 535. The molecular weight excluding hydrogens is 258 g/mol. The number of hydrogen-bond acceptors (Lipinski definition) is 4. The number of aryl methyl sites for hydroxylation is 2. The van der Waals surface area contributed by atoms with Crippen LogP contribution in [0, 0.1) is 13.8 Å². The zero-order chi connectivity index (χ0) is 13.5. The molecule has 2 aromatic rings. The van der Waals surface area contributed by atoms with Crippen molar-refractivity contribution >= 4 is 17.6 Å². The van der Waals surface area contributed by atoms with E-state index in [-0.39, 0.29) is 0 Å². The van der Waals surface area contributed by atoms with Gasteiger partial charge in [-0.2, -0.15) is 0 Å². The highest BCUT2D eigenvalue weighted by atomic mass is 32.1. The Balaban J connectivity index is 1.70. The number of benzene rings is 1. The fourth-order valence-electron chi connectivity index (χ4n) is 1.56. The second kappa shape index (κ2) is 6.95. The first-order valence-corrected chi connectivity index (χ1v) is 7.02. The zero-order valence-corrected chi connectivity index (χ0v) is 11.9. The van der Waals surface area contributed by atoms with Gasteiger partial charge in [0.2, 0.25) is 0 Å². The van der Waals surface area contributed by atoms with E-state index in [4.69, 9.17) is 9.57 Å². The number of nitrogens with zero attached hydrogens (tertiary/aromatic N) is 1. The second-order valence-corrected chi connectivity index (χ2v) is 5.18. The van der Waals surface area contributed by atoms with Crippen LogP contribution in [0.2, 0.25) is 0 Å². The fraction of sp³-hybridized carbons (Fsp3) is 0.267. The maximum atomic E-state index is 5.66. The van der Waals surface area contributed by atoms with Crippen molar-refractivity contribution in [2.24, 2.45) is 5.16 Å². The molecule has 0 spiro atoms. The Kier molecular flexibility index (Phi) is 4.98. The van der Waals surface area contributed by atoms with Gasteiger partial charge in [0, 0.05) is 4.88 Å². The van der Waals surface area contributed by atoms with Gasteiger partial charge in [0.15, 0.2) is 6.61 Å². The minimum atomic E-state index is 0.440. The summed E-state index contributed by atoms with van der Waals surface area (Å²) in [5.74, 6) is 0.908. The van der Waals surface area contributed by atoms with Gasteiger partial charge in [-0.3, -0.25) is 0 Å². The van der Waals surface area contributed by atoms with E-state index in [1.54, 1.807) is 17.6 Å². The summed E-state index contributed by atoms with van der Waals surface area (Å²) in [7, 11) is 0. The van der Waals surface area contributed by atoms with Crippen LogP contribution in [0.5, 0.6) is 5.75 Å². The average Bonchev–Trinajstić information content (AvgIpc) is 2.90. The van der Waals surface area contributed by atoms with E-state index < -0.39 is 0 Å². The number of oxime groups is 1. The van der Waals surface area contributed by atoms with Crippen molar-refractivity contribution in [1.82, 2.24) is 0 Å². The van der Waals surface area contributed by atoms with Crippen LogP contribution >= 0.6 is 11.3 Å². The maximum absolute atomic E-state index is 5.66. The zero-order valence-electron chi connectivity index (χ0n) is 11.1. The fourth-order valence-corrected chi connectivity index (χ4v) is 2.13. The number of rotatable bonds is 6. The maximum Gasteiger partial charge on any atom is 0.151 e. The lowest BCUT2D eigenvalue weighted by Crippen LogP contribution is -2.05. The van der Waals surface area contributed by atoms with E-state index in [1.165, 1.54) is 5.56 Å². The summed E-state index contributed by atoms with van der Waals surface area (Å²) in [5.41, 5.74) is 2.32. The van der Waals surface area contributed by atoms with Crippen LogP contribution in [-0.2, 0) is 4.84 Å². The van der Waals surface area contributed by atoms with E-state index in [0.717, 1.165) is 16.2 Å². The Hall–Kier alpha value is -1.81. The van der Waals surface area contributed by atoms with E-state index in [0.29, 0.717) is 13.2 Å². The summed E-state index contributed by atoms with van der Waals surface area (Å²) < 4.78 is 5.66. The first-order valence-electron chi connectivity index (χ1n) is 6.14. The lowest BCUT2D eigenvalue weighted by molar-refractivity contribution is 0.108. The summed E-state index contributed by atoms with van der Waals surface area (Å²) in [6.45, 7) is 5.01. The summed E-state index contributed by atoms with van der Waals surface area (Å²) in [5, 5.41) is 5.90. The van der Waals surface area contributed by atoms with Crippen LogP contribution in [-0.4, -0.2) is 19.4 Å². The van der Waals surface area contributed by atoms with E-state index in [1.807, 2.05) is 37.4 Å². The third kappa shape index (κ3) is 4.41. The summed E-state index contributed by atoms with van der Waals surface area (Å²) in [4.78, 5) is 6.23. The molecule has 0 atom stereocenters. The van der Waals surface area contributed by atoms with Gasteiger partial charge in [-0.15, -0.1) is 11.3 Å². The summed E-state index contributed by atoms with van der Waals surface area (Å²) in [6.07, 6.45) is 1.71. The largest absolute Gasteiger partial charge is 0.490 e. The molecule has 3 nitrogen and oxygen atoms in total. The molecule has 0 amide bonds. The molecule has 19 heavy (non-hydrogen) atoms. The number of ether oxygens (including phenoxy) is 1. The van der Waals surface area contributed by atoms with Gasteiger partial charge in [-0.25, -0.2) is 0 Å². The van der Waals surface area contributed by atoms with E-state index in [2.05, 4.69) is 17.3 Å². The smallest absolute Gasteiger partial charge is 0.151 e. The number of hydrogen-bond donors (Lipinski definition) is 0. The number of thiophene rings is 1. The predicted molar refractivity (Wildman–Crippen MR) is 79.3 cm³/mol. The molecule has 1 heterocycles. The summed E-state index contributed by atoms with van der Waals surface area (Å²) in [6, 6.07) is 10.1. The molecule has 1 aromatic carbocycles. The van der Waals surface area contributed by atoms with Crippen LogP contribution in [0.15, 0.2) is 40.9 Å². The molecule has 0 N–H and O–H groups in total. The third-order valence-corrected chi connectivity index (χ3v) is 3.38. The van der Waals surface area contributed by atoms with Gasteiger partial charge in [0.1, 0.15) is 12.4 Å². The van der Waals surface area contributed by atoms with E-state index >= 15 is 0 Å². The molecule has 100 valence electrons. The predicted octanol–water partition coefficient (Wildman–Crippen LogP) is 3.79. The van der Waals surface area contributed by atoms with Crippen LogP contribution in [0.3, 0.4) is 0 Å². The minimum Gasteiger partial charge on any atom is -0.490 e. The second-order valence-electron chi connectivity index (χ2n) is 4.20. The van der Waals surface area contributed by atoms with E-state index in [9.17, 15) is 0 Å². The van der Waals surface area contributed by atoms with Gasteiger partial charge < -0.3 is 9.57 Å². The molecule has 0 aliphatic rings. The highest BCUT2D eigenvalue weighted by molar-refractivity contribution is 7.11. The van der Waals surface area contributed by atoms with Crippen LogP contribution in [0.25, 0.3) is 0 Å². The van der Waals surface area contributed by atoms with Crippen molar-refractivity contribution in [1.29, 1.82) is 0 Å². The van der Waals surface area contributed by atoms with Gasteiger partial charge in [0.05, 0.1) is 6.21 Å². The molecule has 0 bridgehead atoms.